The Morgan fingerprint density at radius 3 is 2.73 bits per heavy atom. The second-order valence-electron chi connectivity index (χ2n) is 6.68. The van der Waals surface area contributed by atoms with E-state index in [1.165, 1.54) is 0 Å². The minimum Gasteiger partial charge on any atom is -1.00 e. The summed E-state index contributed by atoms with van der Waals surface area (Å²) >= 11 is 6.04. The van der Waals surface area contributed by atoms with E-state index < -0.39 is 24.2 Å². The molecule has 3 N–H and O–H groups in total. The Balaban J connectivity index is 0.00000338. The molecule has 1 saturated heterocycles. The summed E-state index contributed by atoms with van der Waals surface area (Å²) in [5.41, 5.74) is 3.78. The molecule has 0 spiro atoms. The molecule has 1 aliphatic rings. The molecule has 0 unspecified atom stereocenters. The molecule has 8 heteroatoms. The van der Waals surface area contributed by atoms with Gasteiger partial charge in [-0.15, -0.1) is 0 Å². The lowest BCUT2D eigenvalue weighted by molar-refractivity contribution is -0.415. The van der Waals surface area contributed by atoms with E-state index in [-0.39, 0.29) is 25.1 Å². The molecule has 0 amide bonds. The number of benzene rings is 1. The largest absolute Gasteiger partial charge is 1.00 e. The Morgan fingerprint density at radius 1 is 1.35 bits per heavy atom. The predicted octanol–water partition coefficient (Wildman–Crippen LogP) is -1.29. The van der Waals surface area contributed by atoms with Gasteiger partial charge in [-0.25, -0.2) is 4.79 Å². The third kappa shape index (κ3) is 6.93. The fraction of sp³-hybridized carbons (Fsp3) is 0.611. The standard InChI is InChI=1S/C18H26ClNO5.ClH/c1-11(2)8-23-16-10-22-9-15(20)18(21)24-12(3)17(16)25-14-6-4-5-13(19)7-14;/h4-7,11-12,15-17H,8-10,20H2,1-3H3;1H/t12-,15-,16-,17-;/m0./s1. The van der Waals surface area contributed by atoms with Crippen molar-refractivity contribution in [3.8, 4) is 5.75 Å². The van der Waals surface area contributed by atoms with Crippen LogP contribution < -0.4 is 22.9 Å². The summed E-state index contributed by atoms with van der Waals surface area (Å²) in [5.74, 6) is 0.540. The third-order valence-corrected chi connectivity index (χ3v) is 4.01. The molecule has 0 aromatic heterocycles. The average molecular weight is 408 g/mol. The molecule has 1 fully saturated rings. The molecule has 4 atom stereocenters. The minimum atomic E-state index is -0.571. The minimum absolute atomic E-state index is 0. The lowest BCUT2D eigenvalue weighted by Gasteiger charge is -2.31. The van der Waals surface area contributed by atoms with Gasteiger partial charge in [0.1, 0.15) is 24.6 Å². The van der Waals surface area contributed by atoms with Gasteiger partial charge in [0.05, 0.1) is 6.61 Å². The number of carbonyl (C=O) groups is 1. The number of cyclic esters (lactones) is 1. The molecule has 2 rings (SSSR count). The Hall–Kier alpha value is -1.05. The van der Waals surface area contributed by atoms with Crippen molar-refractivity contribution in [3.63, 3.8) is 0 Å². The number of rotatable bonds is 5. The smallest absolute Gasteiger partial charge is 0.367 e. The predicted molar refractivity (Wildman–Crippen MR) is 93.5 cm³/mol. The second-order valence-corrected chi connectivity index (χ2v) is 7.12. The highest BCUT2D eigenvalue weighted by molar-refractivity contribution is 6.30. The number of esters is 1. The van der Waals surface area contributed by atoms with Crippen LogP contribution in [0, 0.1) is 5.92 Å². The molecule has 1 aromatic carbocycles. The van der Waals surface area contributed by atoms with Crippen molar-refractivity contribution in [1.29, 1.82) is 0 Å². The van der Waals surface area contributed by atoms with Gasteiger partial charge >= 0.3 is 5.97 Å². The van der Waals surface area contributed by atoms with Crippen molar-refractivity contribution in [2.45, 2.75) is 45.1 Å². The molecular formula is C18H27Cl2NO5. The number of carbonyl (C=O) groups excluding carboxylic acids is 1. The summed E-state index contributed by atoms with van der Waals surface area (Å²) in [6.07, 6.45) is -1.42. The van der Waals surface area contributed by atoms with Crippen LogP contribution in [0.1, 0.15) is 20.8 Å². The van der Waals surface area contributed by atoms with Crippen LogP contribution >= 0.6 is 11.6 Å². The van der Waals surface area contributed by atoms with E-state index >= 15 is 0 Å². The summed E-state index contributed by atoms with van der Waals surface area (Å²) < 4.78 is 23.2. The van der Waals surface area contributed by atoms with Crippen LogP contribution in [0.2, 0.25) is 5.02 Å². The highest BCUT2D eigenvalue weighted by Crippen LogP contribution is 2.23. The maximum Gasteiger partial charge on any atom is 0.367 e. The fourth-order valence-corrected chi connectivity index (χ4v) is 2.65. The summed E-state index contributed by atoms with van der Waals surface area (Å²) in [7, 11) is 0. The maximum absolute atomic E-state index is 12.1. The Morgan fingerprint density at radius 2 is 2.08 bits per heavy atom. The van der Waals surface area contributed by atoms with Crippen LogP contribution in [0.4, 0.5) is 0 Å². The third-order valence-electron chi connectivity index (χ3n) is 3.78. The highest BCUT2D eigenvalue weighted by Gasteiger charge is 2.36. The highest BCUT2D eigenvalue weighted by atomic mass is 35.5. The molecular weight excluding hydrogens is 381 g/mol. The number of ether oxygens (including phenoxy) is 4. The van der Waals surface area contributed by atoms with Gasteiger partial charge in [-0.2, -0.15) is 0 Å². The van der Waals surface area contributed by atoms with E-state index in [1.54, 1.807) is 31.2 Å². The van der Waals surface area contributed by atoms with Gasteiger partial charge in [0.15, 0.2) is 6.10 Å². The second kappa shape index (κ2) is 10.9. The summed E-state index contributed by atoms with van der Waals surface area (Å²) in [6.45, 7) is 6.97. The Bertz CT molecular complexity index is 572. The molecule has 148 valence electrons. The van der Waals surface area contributed by atoms with E-state index in [1.807, 2.05) is 0 Å². The van der Waals surface area contributed by atoms with Crippen LogP contribution in [-0.2, 0) is 19.0 Å². The summed E-state index contributed by atoms with van der Waals surface area (Å²) in [4.78, 5) is 12.1. The average Bonchev–Trinajstić information content (AvgIpc) is 2.59. The molecule has 0 aliphatic carbocycles. The van der Waals surface area contributed by atoms with E-state index in [0.29, 0.717) is 29.9 Å². The number of hydrogen-bond acceptors (Lipinski definition) is 5. The van der Waals surface area contributed by atoms with E-state index in [9.17, 15) is 4.79 Å². The van der Waals surface area contributed by atoms with Crippen LogP contribution in [0.15, 0.2) is 24.3 Å². The van der Waals surface area contributed by atoms with Gasteiger partial charge in [-0.1, -0.05) is 31.5 Å². The molecule has 26 heavy (non-hydrogen) atoms. The van der Waals surface area contributed by atoms with E-state index in [2.05, 4.69) is 19.6 Å². The quantitative estimate of drug-likeness (QED) is 0.613. The molecule has 0 saturated carbocycles. The van der Waals surface area contributed by atoms with Gasteiger partial charge < -0.3 is 37.1 Å². The van der Waals surface area contributed by atoms with Gasteiger partial charge in [0.25, 0.3) is 0 Å². The van der Waals surface area contributed by atoms with Gasteiger partial charge in [0, 0.05) is 11.6 Å². The van der Waals surface area contributed by atoms with Crippen molar-refractivity contribution in [2.24, 2.45) is 5.92 Å². The fourth-order valence-electron chi connectivity index (χ4n) is 2.47. The van der Waals surface area contributed by atoms with Gasteiger partial charge in [0.2, 0.25) is 6.04 Å². The molecule has 6 nitrogen and oxygen atoms in total. The first-order valence-corrected chi connectivity index (χ1v) is 8.89. The van der Waals surface area contributed by atoms with Crippen LogP contribution in [-0.4, -0.2) is 50.1 Å². The molecule has 1 aromatic rings. The van der Waals surface area contributed by atoms with E-state index in [0.717, 1.165) is 0 Å². The Kier molecular flexibility index (Phi) is 9.68. The van der Waals surface area contributed by atoms with Crippen molar-refractivity contribution >= 4 is 17.6 Å². The van der Waals surface area contributed by atoms with Crippen molar-refractivity contribution in [2.75, 3.05) is 19.8 Å². The number of quaternary nitrogens is 1. The molecule has 0 radical (unpaired) electrons. The first-order valence-electron chi connectivity index (χ1n) is 8.52. The summed E-state index contributed by atoms with van der Waals surface area (Å²) in [5, 5.41) is 0.568. The zero-order valence-corrected chi connectivity index (χ0v) is 16.8. The van der Waals surface area contributed by atoms with Crippen LogP contribution in [0.25, 0.3) is 0 Å². The lowest BCUT2D eigenvalue weighted by Crippen LogP contribution is -3.00. The van der Waals surface area contributed by atoms with Gasteiger partial charge in [-0.05, 0) is 31.0 Å². The maximum atomic E-state index is 12.1. The van der Waals surface area contributed by atoms with E-state index in [4.69, 9.17) is 30.5 Å². The Labute approximate surface area is 165 Å². The molecule has 0 bridgehead atoms. The number of halogens is 2. The lowest BCUT2D eigenvalue weighted by atomic mass is 10.1. The van der Waals surface area contributed by atoms with Crippen molar-refractivity contribution in [1.82, 2.24) is 0 Å². The van der Waals surface area contributed by atoms with Crippen LogP contribution in [0.3, 0.4) is 0 Å². The zero-order valence-electron chi connectivity index (χ0n) is 15.3. The van der Waals surface area contributed by atoms with Crippen molar-refractivity contribution in [3.05, 3.63) is 29.3 Å². The molecule has 1 aliphatic heterocycles. The topological polar surface area (TPSA) is 81.6 Å². The first kappa shape index (κ1) is 23.0. The summed E-state index contributed by atoms with van der Waals surface area (Å²) in [6, 6.07) is 6.52. The SMILES string of the molecule is CC(C)CO[C@H]1COC[C@H]([NH3+])C(=O)O[C@@H](C)[C@@H]1Oc1cccc(Cl)c1.[Cl-]. The number of hydrogen-bond donors (Lipinski definition) is 1. The van der Waals surface area contributed by atoms with Crippen LogP contribution in [0.5, 0.6) is 5.75 Å². The normalized spacial score (nSPS) is 26.9. The van der Waals surface area contributed by atoms with Crippen molar-refractivity contribution < 1.29 is 41.9 Å². The first-order chi connectivity index (χ1) is 11.9. The zero-order chi connectivity index (χ0) is 18.4. The molecule has 1 heterocycles. The monoisotopic (exact) mass is 407 g/mol. The van der Waals surface area contributed by atoms with Gasteiger partial charge in [-0.3, -0.25) is 0 Å².